The quantitative estimate of drug-likeness (QED) is 0.530. The highest BCUT2D eigenvalue weighted by Crippen LogP contribution is 2.22. The van der Waals surface area contributed by atoms with Gasteiger partial charge in [-0.15, -0.1) is 0 Å². The van der Waals surface area contributed by atoms with Crippen molar-refractivity contribution >= 4 is 23.4 Å². The van der Waals surface area contributed by atoms with Crippen LogP contribution in [0.3, 0.4) is 0 Å². The molecule has 0 radical (unpaired) electrons. The highest BCUT2D eigenvalue weighted by molar-refractivity contribution is 7.98. The first-order valence-electron chi connectivity index (χ1n) is 8.53. The van der Waals surface area contributed by atoms with E-state index in [-0.39, 0.29) is 5.91 Å². The van der Waals surface area contributed by atoms with Crippen LogP contribution in [-0.2, 0) is 4.79 Å². The fraction of sp³-hybridized carbons (Fsp3) is 0.556. The molecule has 0 bridgehead atoms. The Kier molecular flexibility index (Phi) is 7.59. The largest absolute Gasteiger partial charge is 0.390 e. The van der Waals surface area contributed by atoms with Gasteiger partial charge in [-0.3, -0.25) is 4.79 Å². The zero-order valence-corrected chi connectivity index (χ0v) is 15.4. The molecule has 0 aromatic heterocycles. The summed E-state index contributed by atoms with van der Waals surface area (Å²) < 4.78 is 0. The normalized spacial score (nSPS) is 20.6. The lowest BCUT2D eigenvalue weighted by atomic mass is 9.92. The smallest absolute Gasteiger partial charge is 0.251 e. The third-order valence-corrected chi connectivity index (χ3v) is 5.08. The van der Waals surface area contributed by atoms with Gasteiger partial charge in [-0.2, -0.15) is 11.8 Å². The number of hydrogen-bond donors (Lipinski definition) is 4. The van der Waals surface area contributed by atoms with Crippen molar-refractivity contribution in [3.63, 3.8) is 0 Å². The van der Waals surface area contributed by atoms with Gasteiger partial charge in [0.2, 0.25) is 0 Å². The molecule has 1 fully saturated rings. The third-order valence-electron chi connectivity index (χ3n) is 4.46. The molecule has 0 atom stereocenters. The van der Waals surface area contributed by atoms with Crippen LogP contribution >= 0.6 is 11.8 Å². The van der Waals surface area contributed by atoms with E-state index in [1.165, 1.54) is 12.8 Å². The summed E-state index contributed by atoms with van der Waals surface area (Å²) >= 11 is 1.71. The number of thioether (sulfide) groups is 1. The Morgan fingerprint density at radius 2 is 2.17 bits per heavy atom. The predicted octanol–water partition coefficient (Wildman–Crippen LogP) is 1.84. The molecular formula is C18H28N4OS. The number of nitrogens with one attached hydrogen (secondary N) is 4. The van der Waals surface area contributed by atoms with Crippen molar-refractivity contribution in [2.45, 2.75) is 19.8 Å². The third kappa shape index (κ3) is 5.24. The maximum atomic E-state index is 12.3. The van der Waals surface area contributed by atoms with E-state index in [2.05, 4.69) is 16.0 Å². The topological polar surface area (TPSA) is 77.0 Å². The fourth-order valence-corrected chi connectivity index (χ4v) is 3.24. The summed E-state index contributed by atoms with van der Waals surface area (Å²) in [4.78, 5) is 12.3. The number of allylic oxidation sites excluding steroid dienone is 3. The summed E-state index contributed by atoms with van der Waals surface area (Å²) in [5.74, 6) is 1.52. The Balaban J connectivity index is 1.98. The molecule has 1 amide bonds. The van der Waals surface area contributed by atoms with Crippen LogP contribution < -0.4 is 16.0 Å². The summed E-state index contributed by atoms with van der Waals surface area (Å²) in [6.07, 6.45) is 9.74. The molecule has 5 nitrogen and oxygen atoms in total. The minimum absolute atomic E-state index is 0.0606. The standard InChI is InChI=1S/C18H28N4OS/c1-13-15(18(23)22-9-10-24-2)3-4-17(19)16(13)12-21-11-14-5-7-20-8-6-14/h3-4,12,14,19-21H,5-11H2,1-2H3,(H,22,23)/b16-12-,19-17?. The van der Waals surface area contributed by atoms with Crippen LogP contribution in [0.5, 0.6) is 0 Å². The highest BCUT2D eigenvalue weighted by Gasteiger charge is 2.19. The van der Waals surface area contributed by atoms with Gasteiger partial charge in [0.25, 0.3) is 5.91 Å². The van der Waals surface area contributed by atoms with Crippen LogP contribution in [0.25, 0.3) is 0 Å². The minimum atomic E-state index is -0.0606. The molecule has 0 saturated carbocycles. The van der Waals surface area contributed by atoms with Gasteiger partial charge in [-0.1, -0.05) is 0 Å². The molecule has 1 heterocycles. The van der Waals surface area contributed by atoms with Crippen LogP contribution in [0, 0.1) is 11.3 Å². The second-order valence-electron chi connectivity index (χ2n) is 6.19. The zero-order valence-electron chi connectivity index (χ0n) is 14.6. The molecule has 1 saturated heterocycles. The van der Waals surface area contributed by atoms with Gasteiger partial charge in [0.15, 0.2) is 0 Å². The monoisotopic (exact) mass is 348 g/mol. The number of hydrogen-bond acceptors (Lipinski definition) is 5. The van der Waals surface area contributed by atoms with Crippen LogP contribution in [-0.4, -0.2) is 49.8 Å². The second kappa shape index (κ2) is 9.69. The average Bonchev–Trinajstić information content (AvgIpc) is 2.59. The Morgan fingerprint density at radius 1 is 1.42 bits per heavy atom. The number of rotatable bonds is 7. The van der Waals surface area contributed by atoms with Crippen LogP contribution in [0.15, 0.2) is 35.1 Å². The first-order valence-corrected chi connectivity index (χ1v) is 9.92. The molecule has 0 spiro atoms. The number of amides is 1. The molecule has 0 aromatic rings. The first-order chi connectivity index (χ1) is 11.6. The van der Waals surface area contributed by atoms with E-state index in [1.54, 1.807) is 23.9 Å². The Morgan fingerprint density at radius 3 is 2.88 bits per heavy atom. The predicted molar refractivity (Wildman–Crippen MR) is 103 cm³/mol. The second-order valence-corrected chi connectivity index (χ2v) is 7.18. The number of piperidine rings is 1. The molecule has 24 heavy (non-hydrogen) atoms. The molecule has 6 heteroatoms. The van der Waals surface area contributed by atoms with Gasteiger partial charge in [0.05, 0.1) is 5.71 Å². The molecular weight excluding hydrogens is 320 g/mol. The summed E-state index contributed by atoms with van der Waals surface area (Å²) in [5.41, 5.74) is 2.77. The maximum absolute atomic E-state index is 12.3. The van der Waals surface area contributed by atoms with E-state index in [0.717, 1.165) is 36.5 Å². The highest BCUT2D eigenvalue weighted by atomic mass is 32.2. The van der Waals surface area contributed by atoms with Crippen molar-refractivity contribution in [3.8, 4) is 0 Å². The lowest BCUT2D eigenvalue weighted by Crippen LogP contribution is -2.32. The van der Waals surface area contributed by atoms with E-state index in [0.29, 0.717) is 23.7 Å². The Labute approximate surface area is 148 Å². The number of carbonyl (C=O) groups is 1. The van der Waals surface area contributed by atoms with Crippen molar-refractivity contribution in [1.82, 2.24) is 16.0 Å². The molecule has 1 aliphatic carbocycles. The average molecular weight is 349 g/mol. The van der Waals surface area contributed by atoms with E-state index in [9.17, 15) is 4.79 Å². The molecule has 4 N–H and O–H groups in total. The summed E-state index contributed by atoms with van der Waals surface area (Å²) in [5, 5.41) is 17.8. The van der Waals surface area contributed by atoms with Gasteiger partial charge < -0.3 is 21.4 Å². The van der Waals surface area contributed by atoms with Gasteiger partial charge in [0, 0.05) is 36.2 Å². The van der Waals surface area contributed by atoms with Gasteiger partial charge in [-0.05, 0) is 62.8 Å². The molecule has 2 rings (SSSR count). The van der Waals surface area contributed by atoms with Gasteiger partial charge >= 0.3 is 0 Å². The maximum Gasteiger partial charge on any atom is 0.251 e. The molecule has 2 aliphatic rings. The molecule has 0 aromatic carbocycles. The van der Waals surface area contributed by atoms with E-state index in [1.807, 2.05) is 19.4 Å². The van der Waals surface area contributed by atoms with E-state index >= 15 is 0 Å². The summed E-state index contributed by atoms with van der Waals surface area (Å²) in [6, 6.07) is 0. The number of carbonyl (C=O) groups excluding carboxylic acids is 1. The first kappa shape index (κ1) is 18.8. The van der Waals surface area contributed by atoms with Crippen LogP contribution in [0.2, 0.25) is 0 Å². The van der Waals surface area contributed by atoms with Crippen molar-refractivity contribution in [2.24, 2.45) is 5.92 Å². The lowest BCUT2D eigenvalue weighted by molar-refractivity contribution is -0.117. The molecule has 1 aliphatic heterocycles. The Hall–Kier alpha value is -1.53. The van der Waals surface area contributed by atoms with Crippen LogP contribution in [0.1, 0.15) is 19.8 Å². The summed E-state index contributed by atoms with van der Waals surface area (Å²) in [6.45, 7) is 5.67. The Bertz CT molecular complexity index is 559. The van der Waals surface area contributed by atoms with Crippen molar-refractivity contribution < 1.29 is 4.79 Å². The molecule has 132 valence electrons. The molecule has 0 unspecified atom stereocenters. The van der Waals surface area contributed by atoms with Gasteiger partial charge in [-0.25, -0.2) is 0 Å². The van der Waals surface area contributed by atoms with E-state index < -0.39 is 0 Å². The SMILES string of the molecule is CSCCNC(=O)C1=C(C)/C(=C/NCC2CCNCC2)C(=N)C=C1. The van der Waals surface area contributed by atoms with Gasteiger partial charge in [0.1, 0.15) is 0 Å². The zero-order chi connectivity index (χ0) is 17.4. The van der Waals surface area contributed by atoms with Crippen molar-refractivity contribution in [1.29, 1.82) is 5.41 Å². The lowest BCUT2D eigenvalue weighted by Gasteiger charge is -2.23. The summed E-state index contributed by atoms with van der Waals surface area (Å²) in [7, 11) is 0. The van der Waals surface area contributed by atoms with Crippen molar-refractivity contribution in [3.05, 3.63) is 35.1 Å². The van der Waals surface area contributed by atoms with Crippen molar-refractivity contribution in [2.75, 3.05) is 38.2 Å². The fourth-order valence-electron chi connectivity index (χ4n) is 2.94. The minimum Gasteiger partial charge on any atom is -0.390 e. The van der Waals surface area contributed by atoms with Crippen LogP contribution in [0.4, 0.5) is 0 Å². The van der Waals surface area contributed by atoms with E-state index in [4.69, 9.17) is 5.41 Å².